The fraction of sp³-hybridized carbons (Fsp3) is 0.923. The molecule has 16 heavy (non-hydrogen) atoms. The quantitative estimate of drug-likeness (QED) is 0.618. The van der Waals surface area contributed by atoms with Crippen LogP contribution in [0.1, 0.15) is 53.4 Å². The molecule has 0 saturated carbocycles. The number of nitrogens with one attached hydrogen (secondary N) is 1. The average molecular weight is 229 g/mol. The summed E-state index contributed by atoms with van der Waals surface area (Å²) >= 11 is 0. The van der Waals surface area contributed by atoms with Crippen molar-refractivity contribution in [1.29, 1.82) is 0 Å². The maximum absolute atomic E-state index is 11.5. The molecule has 0 fully saturated rings. The third-order valence-corrected chi connectivity index (χ3v) is 2.78. The molecule has 0 aliphatic carbocycles. The highest BCUT2D eigenvalue weighted by molar-refractivity contribution is 5.70. The van der Waals surface area contributed by atoms with Gasteiger partial charge in [-0.05, 0) is 32.2 Å². The van der Waals surface area contributed by atoms with Crippen molar-refractivity contribution >= 4 is 5.97 Å². The van der Waals surface area contributed by atoms with Crippen molar-refractivity contribution in [3.63, 3.8) is 0 Å². The highest BCUT2D eigenvalue weighted by Gasteiger charge is 2.19. The lowest BCUT2D eigenvalue weighted by atomic mass is 9.94. The van der Waals surface area contributed by atoms with Crippen molar-refractivity contribution < 1.29 is 9.53 Å². The van der Waals surface area contributed by atoms with Crippen LogP contribution in [0.15, 0.2) is 0 Å². The van der Waals surface area contributed by atoms with E-state index in [2.05, 4.69) is 26.1 Å². The van der Waals surface area contributed by atoms with Crippen LogP contribution >= 0.6 is 0 Å². The Hall–Kier alpha value is -0.570. The van der Waals surface area contributed by atoms with Gasteiger partial charge in [-0.3, -0.25) is 4.79 Å². The van der Waals surface area contributed by atoms with Crippen molar-refractivity contribution in [3.8, 4) is 0 Å². The topological polar surface area (TPSA) is 38.3 Å². The van der Waals surface area contributed by atoms with Crippen LogP contribution in [0.3, 0.4) is 0 Å². The smallest absolute Gasteiger partial charge is 0.307 e. The number of carbonyl (C=O) groups is 1. The van der Waals surface area contributed by atoms with Gasteiger partial charge in [-0.15, -0.1) is 0 Å². The Kier molecular flexibility index (Phi) is 9.30. The zero-order valence-corrected chi connectivity index (χ0v) is 11.2. The van der Waals surface area contributed by atoms with Gasteiger partial charge < -0.3 is 10.1 Å². The molecule has 1 N–H and O–H groups in total. The molecule has 0 spiro atoms. The maximum atomic E-state index is 11.5. The summed E-state index contributed by atoms with van der Waals surface area (Å²) < 4.78 is 5.00. The van der Waals surface area contributed by atoms with Gasteiger partial charge in [0.25, 0.3) is 0 Å². The third kappa shape index (κ3) is 6.83. The second kappa shape index (κ2) is 9.64. The first-order chi connectivity index (χ1) is 7.65. The lowest BCUT2D eigenvalue weighted by Crippen LogP contribution is -2.37. The third-order valence-electron chi connectivity index (χ3n) is 2.78. The van der Waals surface area contributed by atoms with Crippen LogP contribution in [0, 0.1) is 5.92 Å². The molecule has 0 aromatic rings. The van der Waals surface area contributed by atoms with E-state index in [0.717, 1.165) is 25.8 Å². The highest BCUT2D eigenvalue weighted by atomic mass is 16.5. The molecule has 96 valence electrons. The SMILES string of the molecule is CCCNC(CC(=O)OCC)C(C)CCC. The van der Waals surface area contributed by atoms with Gasteiger partial charge >= 0.3 is 5.97 Å². The first kappa shape index (κ1) is 15.4. The molecule has 2 atom stereocenters. The number of ether oxygens (including phenoxy) is 1. The predicted molar refractivity (Wildman–Crippen MR) is 67.4 cm³/mol. The van der Waals surface area contributed by atoms with Crippen LogP contribution < -0.4 is 5.32 Å². The summed E-state index contributed by atoms with van der Waals surface area (Å²) in [4.78, 5) is 11.5. The summed E-state index contributed by atoms with van der Waals surface area (Å²) in [5.74, 6) is 0.444. The Bertz CT molecular complexity index is 183. The molecule has 3 nitrogen and oxygen atoms in total. The van der Waals surface area contributed by atoms with E-state index in [1.165, 1.54) is 0 Å². The minimum absolute atomic E-state index is 0.0842. The summed E-state index contributed by atoms with van der Waals surface area (Å²) in [6, 6.07) is 0.263. The Morgan fingerprint density at radius 1 is 1.25 bits per heavy atom. The number of hydrogen-bond acceptors (Lipinski definition) is 3. The molecule has 0 aliphatic rings. The van der Waals surface area contributed by atoms with Crippen LogP contribution in [0.2, 0.25) is 0 Å². The predicted octanol–water partition coefficient (Wildman–Crippen LogP) is 2.74. The van der Waals surface area contributed by atoms with Crippen molar-refractivity contribution in [2.75, 3.05) is 13.2 Å². The molecule has 0 aliphatic heterocycles. The Balaban J connectivity index is 4.12. The average Bonchev–Trinajstić information content (AvgIpc) is 2.24. The number of hydrogen-bond donors (Lipinski definition) is 1. The van der Waals surface area contributed by atoms with Gasteiger partial charge in [0.05, 0.1) is 13.0 Å². The van der Waals surface area contributed by atoms with Gasteiger partial charge in [0.1, 0.15) is 0 Å². The lowest BCUT2D eigenvalue weighted by molar-refractivity contribution is -0.144. The zero-order chi connectivity index (χ0) is 12.4. The fourth-order valence-corrected chi connectivity index (χ4v) is 1.86. The fourth-order valence-electron chi connectivity index (χ4n) is 1.86. The van der Waals surface area contributed by atoms with Crippen molar-refractivity contribution in [3.05, 3.63) is 0 Å². The number of rotatable bonds is 9. The van der Waals surface area contributed by atoms with E-state index < -0.39 is 0 Å². The summed E-state index contributed by atoms with van der Waals surface area (Å²) in [5.41, 5.74) is 0. The van der Waals surface area contributed by atoms with Crippen LogP contribution in [0.25, 0.3) is 0 Å². The number of carbonyl (C=O) groups excluding carboxylic acids is 1. The summed E-state index contributed by atoms with van der Waals surface area (Å²) in [6.45, 7) is 9.81. The van der Waals surface area contributed by atoms with Crippen LogP contribution in [-0.2, 0) is 9.53 Å². The molecular formula is C13H27NO2. The van der Waals surface area contributed by atoms with Gasteiger partial charge in [-0.1, -0.05) is 27.2 Å². The molecule has 0 aromatic heterocycles. The van der Waals surface area contributed by atoms with E-state index in [1.54, 1.807) is 0 Å². The van der Waals surface area contributed by atoms with Gasteiger partial charge in [0.15, 0.2) is 0 Å². The van der Waals surface area contributed by atoms with E-state index in [-0.39, 0.29) is 12.0 Å². The van der Waals surface area contributed by atoms with Crippen molar-refractivity contribution in [1.82, 2.24) is 5.32 Å². The zero-order valence-electron chi connectivity index (χ0n) is 11.2. The molecule has 0 bridgehead atoms. The van der Waals surface area contributed by atoms with Crippen LogP contribution in [0.5, 0.6) is 0 Å². The van der Waals surface area contributed by atoms with Gasteiger partial charge in [-0.2, -0.15) is 0 Å². The van der Waals surface area contributed by atoms with Crippen LogP contribution in [-0.4, -0.2) is 25.2 Å². The van der Waals surface area contributed by atoms with E-state index >= 15 is 0 Å². The molecule has 2 unspecified atom stereocenters. The van der Waals surface area contributed by atoms with Gasteiger partial charge in [0, 0.05) is 6.04 Å². The molecule has 0 amide bonds. The Morgan fingerprint density at radius 3 is 2.44 bits per heavy atom. The lowest BCUT2D eigenvalue weighted by Gasteiger charge is -2.24. The highest BCUT2D eigenvalue weighted by Crippen LogP contribution is 2.14. The Morgan fingerprint density at radius 2 is 1.94 bits per heavy atom. The standard InChI is InChI=1S/C13H27NO2/c1-5-8-11(4)12(14-9-6-2)10-13(15)16-7-3/h11-12,14H,5-10H2,1-4H3. The summed E-state index contributed by atoms with van der Waals surface area (Å²) in [5, 5.41) is 3.44. The normalized spacial score (nSPS) is 14.5. The minimum atomic E-state index is -0.0842. The summed E-state index contributed by atoms with van der Waals surface area (Å²) in [7, 11) is 0. The molecule has 0 saturated heterocycles. The molecule has 3 heteroatoms. The molecule has 0 heterocycles. The first-order valence-electron chi connectivity index (χ1n) is 6.54. The molecule has 0 radical (unpaired) electrons. The van der Waals surface area contributed by atoms with E-state index in [4.69, 9.17) is 4.74 Å². The first-order valence-corrected chi connectivity index (χ1v) is 6.54. The van der Waals surface area contributed by atoms with Crippen LogP contribution in [0.4, 0.5) is 0 Å². The number of esters is 1. The van der Waals surface area contributed by atoms with Gasteiger partial charge in [-0.25, -0.2) is 0 Å². The van der Waals surface area contributed by atoms with E-state index in [0.29, 0.717) is 18.9 Å². The van der Waals surface area contributed by atoms with E-state index in [1.807, 2.05) is 6.92 Å². The van der Waals surface area contributed by atoms with Crippen molar-refractivity contribution in [2.24, 2.45) is 5.92 Å². The largest absolute Gasteiger partial charge is 0.466 e. The van der Waals surface area contributed by atoms with E-state index in [9.17, 15) is 4.79 Å². The van der Waals surface area contributed by atoms with Crippen molar-refractivity contribution in [2.45, 2.75) is 59.4 Å². The summed E-state index contributed by atoms with van der Waals surface area (Å²) in [6.07, 6.45) is 3.91. The monoisotopic (exact) mass is 229 g/mol. The second-order valence-electron chi connectivity index (χ2n) is 4.34. The van der Waals surface area contributed by atoms with Gasteiger partial charge in [0.2, 0.25) is 0 Å². The second-order valence-corrected chi connectivity index (χ2v) is 4.34. The minimum Gasteiger partial charge on any atom is -0.466 e. The molecular weight excluding hydrogens is 202 g/mol. The maximum Gasteiger partial charge on any atom is 0.307 e. The molecule has 0 rings (SSSR count). The molecule has 0 aromatic carbocycles. The Labute approximate surface area is 99.9 Å².